The minimum absolute atomic E-state index is 0.442. The van der Waals surface area contributed by atoms with Gasteiger partial charge in [-0.2, -0.15) is 0 Å². The molecule has 18 heavy (non-hydrogen) atoms. The van der Waals surface area contributed by atoms with Crippen molar-refractivity contribution >= 4 is 0 Å². The Morgan fingerprint density at radius 1 is 1.28 bits per heavy atom. The van der Waals surface area contributed by atoms with Gasteiger partial charge < -0.3 is 5.32 Å². The Bertz CT molecular complexity index is 389. The minimum atomic E-state index is -0.513. The zero-order chi connectivity index (χ0) is 13.0. The third-order valence-electron chi connectivity index (χ3n) is 3.62. The van der Waals surface area contributed by atoms with E-state index in [9.17, 15) is 8.78 Å². The molecule has 1 aromatic carbocycles. The van der Waals surface area contributed by atoms with Crippen LogP contribution in [0.15, 0.2) is 18.2 Å². The molecule has 0 unspecified atom stereocenters. The predicted octanol–water partition coefficient (Wildman–Crippen LogP) is 2.54. The molecule has 1 aromatic rings. The van der Waals surface area contributed by atoms with E-state index in [0.717, 1.165) is 38.5 Å². The van der Waals surface area contributed by atoms with Crippen LogP contribution in [0.1, 0.15) is 25.3 Å². The van der Waals surface area contributed by atoms with Crippen LogP contribution in [-0.2, 0) is 6.54 Å². The summed E-state index contributed by atoms with van der Waals surface area (Å²) in [6.07, 6.45) is 2.19. The second-order valence-electron chi connectivity index (χ2n) is 4.78. The van der Waals surface area contributed by atoms with Crippen molar-refractivity contribution in [3.63, 3.8) is 0 Å². The summed E-state index contributed by atoms with van der Waals surface area (Å²) < 4.78 is 26.5. The molecular formula is C14H20F2N2. The van der Waals surface area contributed by atoms with E-state index in [0.29, 0.717) is 18.2 Å². The molecule has 1 N–H and O–H groups in total. The fraction of sp³-hybridized carbons (Fsp3) is 0.571. The number of halogens is 2. The summed E-state index contributed by atoms with van der Waals surface area (Å²) in [5.41, 5.74) is 0.580. The first-order chi connectivity index (χ1) is 8.70. The maximum absolute atomic E-state index is 13.6. The zero-order valence-corrected chi connectivity index (χ0v) is 10.8. The fourth-order valence-corrected chi connectivity index (χ4v) is 2.54. The van der Waals surface area contributed by atoms with Crippen molar-refractivity contribution in [1.29, 1.82) is 0 Å². The fourth-order valence-electron chi connectivity index (χ4n) is 2.54. The van der Waals surface area contributed by atoms with Crippen LogP contribution in [0.3, 0.4) is 0 Å². The van der Waals surface area contributed by atoms with E-state index in [4.69, 9.17) is 0 Å². The Labute approximate surface area is 107 Å². The van der Waals surface area contributed by atoms with Crippen molar-refractivity contribution in [2.45, 2.75) is 32.4 Å². The number of hydrogen-bond donors (Lipinski definition) is 1. The highest BCUT2D eigenvalue weighted by atomic mass is 19.1. The molecule has 0 atom stereocenters. The van der Waals surface area contributed by atoms with Crippen molar-refractivity contribution < 1.29 is 8.78 Å². The van der Waals surface area contributed by atoms with Gasteiger partial charge in [-0.3, -0.25) is 4.90 Å². The largest absolute Gasteiger partial charge is 0.317 e. The maximum atomic E-state index is 13.6. The number of benzene rings is 1. The lowest BCUT2D eigenvalue weighted by molar-refractivity contribution is 0.160. The monoisotopic (exact) mass is 254 g/mol. The quantitative estimate of drug-likeness (QED) is 0.888. The Morgan fingerprint density at radius 3 is 2.61 bits per heavy atom. The highest BCUT2D eigenvalue weighted by Crippen LogP contribution is 2.17. The van der Waals surface area contributed by atoms with Crippen LogP contribution < -0.4 is 5.32 Å². The van der Waals surface area contributed by atoms with Crippen LogP contribution in [0.2, 0.25) is 0 Å². The molecule has 0 radical (unpaired) electrons. The van der Waals surface area contributed by atoms with Gasteiger partial charge >= 0.3 is 0 Å². The van der Waals surface area contributed by atoms with E-state index in [2.05, 4.69) is 17.1 Å². The van der Waals surface area contributed by atoms with Gasteiger partial charge in [0.1, 0.15) is 11.6 Å². The average molecular weight is 254 g/mol. The van der Waals surface area contributed by atoms with Gasteiger partial charge in [-0.15, -0.1) is 0 Å². The first-order valence-electron chi connectivity index (χ1n) is 6.59. The molecule has 1 heterocycles. The van der Waals surface area contributed by atoms with Gasteiger partial charge in [0.05, 0.1) is 0 Å². The van der Waals surface area contributed by atoms with E-state index < -0.39 is 11.6 Å². The van der Waals surface area contributed by atoms with Gasteiger partial charge in [0.25, 0.3) is 0 Å². The van der Waals surface area contributed by atoms with Gasteiger partial charge in [-0.25, -0.2) is 8.78 Å². The third kappa shape index (κ3) is 3.27. The molecule has 0 spiro atoms. The van der Waals surface area contributed by atoms with Crippen molar-refractivity contribution in [2.24, 2.45) is 0 Å². The Hall–Kier alpha value is -1.00. The SMILES string of the molecule is CCN(Cc1ccc(F)cc1F)C1CCNCC1. The molecule has 2 nitrogen and oxygen atoms in total. The summed E-state index contributed by atoms with van der Waals surface area (Å²) in [5.74, 6) is -0.955. The van der Waals surface area contributed by atoms with Crippen LogP contribution in [0.5, 0.6) is 0 Å². The van der Waals surface area contributed by atoms with Gasteiger partial charge in [0.2, 0.25) is 0 Å². The van der Waals surface area contributed by atoms with Crippen LogP contribution in [0.25, 0.3) is 0 Å². The number of rotatable bonds is 4. The zero-order valence-electron chi connectivity index (χ0n) is 10.8. The molecular weight excluding hydrogens is 234 g/mol. The maximum Gasteiger partial charge on any atom is 0.130 e. The van der Waals surface area contributed by atoms with Gasteiger partial charge in [0, 0.05) is 24.2 Å². The van der Waals surface area contributed by atoms with Crippen molar-refractivity contribution in [3.8, 4) is 0 Å². The van der Waals surface area contributed by atoms with Crippen molar-refractivity contribution in [3.05, 3.63) is 35.4 Å². The lowest BCUT2D eigenvalue weighted by Crippen LogP contribution is -2.42. The molecule has 1 saturated heterocycles. The van der Waals surface area contributed by atoms with E-state index in [1.165, 1.54) is 6.07 Å². The Morgan fingerprint density at radius 2 is 2.00 bits per heavy atom. The number of piperidine rings is 1. The third-order valence-corrected chi connectivity index (χ3v) is 3.62. The summed E-state index contributed by atoms with van der Waals surface area (Å²) >= 11 is 0. The van der Waals surface area contributed by atoms with E-state index in [1.807, 2.05) is 0 Å². The topological polar surface area (TPSA) is 15.3 Å². The second kappa shape index (κ2) is 6.25. The first kappa shape index (κ1) is 13.4. The van der Waals surface area contributed by atoms with Crippen LogP contribution in [0.4, 0.5) is 8.78 Å². The average Bonchev–Trinajstić information content (AvgIpc) is 2.39. The smallest absolute Gasteiger partial charge is 0.130 e. The lowest BCUT2D eigenvalue weighted by atomic mass is 10.0. The standard InChI is InChI=1S/C14H20F2N2/c1-2-18(13-5-7-17-8-6-13)10-11-3-4-12(15)9-14(11)16/h3-4,9,13,17H,2,5-8,10H2,1H3. The molecule has 0 bridgehead atoms. The first-order valence-corrected chi connectivity index (χ1v) is 6.59. The molecule has 1 aliphatic rings. The number of hydrogen-bond acceptors (Lipinski definition) is 2. The molecule has 4 heteroatoms. The highest BCUT2D eigenvalue weighted by molar-refractivity contribution is 5.18. The summed E-state index contributed by atoms with van der Waals surface area (Å²) in [4.78, 5) is 2.27. The summed E-state index contributed by atoms with van der Waals surface area (Å²) in [7, 11) is 0. The van der Waals surface area contributed by atoms with E-state index >= 15 is 0 Å². The molecule has 0 aliphatic carbocycles. The lowest BCUT2D eigenvalue weighted by Gasteiger charge is -2.34. The molecule has 0 aromatic heterocycles. The minimum Gasteiger partial charge on any atom is -0.317 e. The van der Waals surface area contributed by atoms with Gasteiger partial charge in [0.15, 0.2) is 0 Å². The number of nitrogens with one attached hydrogen (secondary N) is 1. The molecule has 1 fully saturated rings. The van der Waals surface area contributed by atoms with Crippen molar-refractivity contribution in [1.82, 2.24) is 10.2 Å². The summed E-state index contributed by atoms with van der Waals surface area (Å²) in [5, 5.41) is 3.33. The predicted molar refractivity (Wildman–Crippen MR) is 68.3 cm³/mol. The summed E-state index contributed by atoms with van der Waals surface area (Å²) in [6, 6.07) is 4.34. The van der Waals surface area contributed by atoms with Crippen LogP contribution in [-0.4, -0.2) is 30.6 Å². The Balaban J connectivity index is 2.04. The van der Waals surface area contributed by atoms with E-state index in [-0.39, 0.29) is 0 Å². The van der Waals surface area contributed by atoms with Crippen molar-refractivity contribution in [2.75, 3.05) is 19.6 Å². The van der Waals surface area contributed by atoms with Gasteiger partial charge in [-0.1, -0.05) is 13.0 Å². The van der Waals surface area contributed by atoms with Crippen LogP contribution in [0, 0.1) is 11.6 Å². The summed E-state index contributed by atoms with van der Waals surface area (Å²) in [6.45, 7) is 5.58. The molecule has 100 valence electrons. The van der Waals surface area contributed by atoms with Gasteiger partial charge in [-0.05, 0) is 38.5 Å². The Kier molecular flexibility index (Phi) is 4.66. The normalized spacial score (nSPS) is 17.3. The molecule has 0 amide bonds. The molecule has 2 rings (SSSR count). The highest BCUT2D eigenvalue weighted by Gasteiger charge is 2.20. The number of nitrogens with zero attached hydrogens (tertiary/aromatic N) is 1. The van der Waals surface area contributed by atoms with Crippen LogP contribution >= 0.6 is 0 Å². The second-order valence-corrected chi connectivity index (χ2v) is 4.78. The van der Waals surface area contributed by atoms with E-state index in [1.54, 1.807) is 6.07 Å². The molecule has 1 aliphatic heterocycles. The molecule has 0 saturated carbocycles.